The minimum absolute atomic E-state index is 0.267. The van der Waals surface area contributed by atoms with Crippen molar-refractivity contribution in [2.45, 2.75) is 61.9 Å². The van der Waals surface area contributed by atoms with Gasteiger partial charge in [0.15, 0.2) is 10.6 Å². The molecule has 2 N–H and O–H groups in total. The number of aliphatic hydroxyl groups is 1. The molecular formula is C11H20Cl3NO2. The number of rotatable bonds is 8. The number of alkyl halides is 3. The highest BCUT2D eigenvalue weighted by Gasteiger charge is 2.39. The van der Waals surface area contributed by atoms with Crippen molar-refractivity contribution in [3.63, 3.8) is 0 Å². The third-order valence-electron chi connectivity index (χ3n) is 2.45. The monoisotopic (exact) mass is 303 g/mol. The van der Waals surface area contributed by atoms with Crippen molar-refractivity contribution < 1.29 is 9.90 Å². The van der Waals surface area contributed by atoms with Crippen LogP contribution in [0.15, 0.2) is 0 Å². The van der Waals surface area contributed by atoms with Gasteiger partial charge in [0.25, 0.3) is 0 Å². The van der Waals surface area contributed by atoms with Crippen molar-refractivity contribution in [1.29, 1.82) is 0 Å². The minimum Gasteiger partial charge on any atom is -0.370 e. The van der Waals surface area contributed by atoms with Crippen LogP contribution in [-0.2, 0) is 4.79 Å². The molecule has 102 valence electrons. The van der Waals surface area contributed by atoms with E-state index in [2.05, 4.69) is 12.2 Å². The highest BCUT2D eigenvalue weighted by atomic mass is 35.5. The molecular weight excluding hydrogens is 284 g/mol. The molecule has 0 radical (unpaired) electrons. The molecule has 0 aliphatic carbocycles. The Bertz CT molecular complexity index is 235. The maximum Gasteiger partial charge on any atom is 0.222 e. The Balaban J connectivity index is 3.95. The van der Waals surface area contributed by atoms with Gasteiger partial charge >= 0.3 is 0 Å². The molecule has 0 unspecified atom stereocenters. The maximum atomic E-state index is 11.5. The molecule has 3 nitrogen and oxygen atoms in total. The van der Waals surface area contributed by atoms with E-state index in [9.17, 15) is 9.90 Å². The smallest absolute Gasteiger partial charge is 0.222 e. The SMILES string of the molecule is CCCCCCC(=O)N[C@H](O)C(Cl)(Cl)[C@H](C)Cl. The summed E-state index contributed by atoms with van der Waals surface area (Å²) in [6.45, 7) is 3.65. The van der Waals surface area contributed by atoms with Crippen LogP contribution in [-0.4, -0.2) is 27.0 Å². The minimum atomic E-state index is -1.58. The molecule has 0 aliphatic heterocycles. The van der Waals surface area contributed by atoms with Gasteiger partial charge in [0.1, 0.15) is 0 Å². The molecule has 0 fully saturated rings. The van der Waals surface area contributed by atoms with Gasteiger partial charge in [-0.05, 0) is 13.3 Å². The highest BCUT2D eigenvalue weighted by Crippen LogP contribution is 2.31. The lowest BCUT2D eigenvalue weighted by molar-refractivity contribution is -0.124. The summed E-state index contributed by atoms with van der Waals surface area (Å²) in [4.78, 5) is 11.5. The fourth-order valence-corrected chi connectivity index (χ4v) is 1.48. The van der Waals surface area contributed by atoms with Crippen LogP contribution >= 0.6 is 34.8 Å². The third-order valence-corrected chi connectivity index (χ3v) is 4.09. The Hall–Kier alpha value is 0.300. The predicted molar refractivity (Wildman–Crippen MR) is 72.7 cm³/mol. The van der Waals surface area contributed by atoms with Crippen LogP contribution in [0, 0.1) is 0 Å². The number of aliphatic hydroxyl groups excluding tert-OH is 1. The van der Waals surface area contributed by atoms with Crippen LogP contribution in [0.5, 0.6) is 0 Å². The molecule has 0 heterocycles. The Morgan fingerprint density at radius 1 is 1.35 bits per heavy atom. The highest BCUT2D eigenvalue weighted by molar-refractivity contribution is 6.52. The second-order valence-corrected chi connectivity index (χ2v) is 6.17. The molecule has 17 heavy (non-hydrogen) atoms. The quantitative estimate of drug-likeness (QED) is 0.411. The summed E-state index contributed by atoms with van der Waals surface area (Å²) in [7, 11) is 0. The Labute approximate surface area is 118 Å². The van der Waals surface area contributed by atoms with E-state index in [1.807, 2.05) is 0 Å². The molecule has 0 spiro atoms. The zero-order valence-electron chi connectivity index (χ0n) is 10.2. The Kier molecular flexibility index (Phi) is 8.56. The zero-order chi connectivity index (χ0) is 13.5. The number of amides is 1. The normalized spacial score (nSPS) is 15.4. The lowest BCUT2D eigenvalue weighted by Crippen LogP contribution is -2.50. The summed E-state index contributed by atoms with van der Waals surface area (Å²) < 4.78 is -1.58. The molecule has 0 aromatic carbocycles. The van der Waals surface area contributed by atoms with E-state index in [-0.39, 0.29) is 5.91 Å². The van der Waals surface area contributed by atoms with Crippen LogP contribution in [0.2, 0.25) is 0 Å². The topological polar surface area (TPSA) is 49.3 Å². The van der Waals surface area contributed by atoms with Gasteiger partial charge in [-0.1, -0.05) is 49.4 Å². The first-order valence-electron chi connectivity index (χ1n) is 5.81. The molecule has 0 aliphatic rings. The van der Waals surface area contributed by atoms with Crippen molar-refractivity contribution in [3.8, 4) is 0 Å². The number of nitrogens with one attached hydrogen (secondary N) is 1. The van der Waals surface area contributed by atoms with E-state index in [1.165, 1.54) is 0 Å². The molecule has 6 heteroatoms. The Morgan fingerprint density at radius 3 is 2.41 bits per heavy atom. The van der Waals surface area contributed by atoms with Gasteiger partial charge in [-0.25, -0.2) is 0 Å². The molecule has 0 saturated heterocycles. The number of hydrogen-bond acceptors (Lipinski definition) is 2. The fourth-order valence-electron chi connectivity index (χ4n) is 1.25. The van der Waals surface area contributed by atoms with Gasteiger partial charge in [0.05, 0.1) is 5.38 Å². The van der Waals surface area contributed by atoms with E-state index < -0.39 is 15.9 Å². The summed E-state index contributed by atoms with van der Waals surface area (Å²) in [6, 6.07) is 0. The van der Waals surface area contributed by atoms with Crippen LogP contribution in [0.3, 0.4) is 0 Å². The first-order chi connectivity index (χ1) is 7.82. The average molecular weight is 305 g/mol. The first-order valence-corrected chi connectivity index (χ1v) is 7.00. The summed E-state index contributed by atoms with van der Waals surface area (Å²) in [5, 5.41) is 11.3. The van der Waals surface area contributed by atoms with Gasteiger partial charge in [0, 0.05) is 6.42 Å². The number of hydrogen-bond donors (Lipinski definition) is 2. The lowest BCUT2D eigenvalue weighted by Gasteiger charge is -2.28. The van der Waals surface area contributed by atoms with Gasteiger partial charge in [-0.2, -0.15) is 0 Å². The van der Waals surface area contributed by atoms with Crippen LogP contribution in [0.4, 0.5) is 0 Å². The number of unbranched alkanes of at least 4 members (excludes halogenated alkanes) is 3. The van der Waals surface area contributed by atoms with Gasteiger partial charge < -0.3 is 10.4 Å². The van der Waals surface area contributed by atoms with Crippen molar-refractivity contribution in [1.82, 2.24) is 5.32 Å². The van der Waals surface area contributed by atoms with Gasteiger partial charge in [-0.3, -0.25) is 4.79 Å². The standard InChI is InChI=1S/C11H20Cl3NO2/c1-3-4-5-6-7-9(16)15-10(17)11(13,14)8(2)12/h8,10,17H,3-7H2,1-2H3,(H,15,16)/t8-,10+/m0/s1. The summed E-state index contributed by atoms with van der Waals surface area (Å²) >= 11 is 17.4. The Morgan fingerprint density at radius 2 is 1.94 bits per heavy atom. The summed E-state index contributed by atoms with van der Waals surface area (Å²) in [5.74, 6) is -0.267. The van der Waals surface area contributed by atoms with Crippen LogP contribution < -0.4 is 5.32 Å². The van der Waals surface area contributed by atoms with Crippen LogP contribution in [0.1, 0.15) is 46.0 Å². The van der Waals surface area contributed by atoms with Crippen molar-refractivity contribution in [2.75, 3.05) is 0 Å². The summed E-state index contributed by atoms with van der Waals surface area (Å²) in [6.07, 6.45) is 3.00. The van der Waals surface area contributed by atoms with Crippen molar-refractivity contribution in [3.05, 3.63) is 0 Å². The summed E-state index contributed by atoms with van der Waals surface area (Å²) in [5.41, 5.74) is 0. The van der Waals surface area contributed by atoms with Crippen molar-refractivity contribution >= 4 is 40.7 Å². The third kappa shape index (κ3) is 6.70. The molecule has 0 aromatic rings. The predicted octanol–water partition coefficient (Wildman–Crippen LogP) is 3.19. The number of carbonyl (C=O) groups is 1. The molecule has 0 bridgehead atoms. The van der Waals surface area contributed by atoms with E-state index in [1.54, 1.807) is 6.92 Å². The first kappa shape index (κ1) is 17.3. The average Bonchev–Trinajstić information content (AvgIpc) is 2.24. The van der Waals surface area contributed by atoms with E-state index >= 15 is 0 Å². The van der Waals surface area contributed by atoms with E-state index in [0.717, 1.165) is 25.7 Å². The molecule has 0 aromatic heterocycles. The molecule has 2 atom stereocenters. The molecule has 1 amide bonds. The second-order valence-electron chi connectivity index (χ2n) is 4.07. The van der Waals surface area contributed by atoms with Crippen molar-refractivity contribution in [2.24, 2.45) is 0 Å². The number of halogens is 3. The maximum absolute atomic E-state index is 11.5. The van der Waals surface area contributed by atoms with E-state index in [0.29, 0.717) is 6.42 Å². The van der Waals surface area contributed by atoms with Crippen LogP contribution in [0.25, 0.3) is 0 Å². The van der Waals surface area contributed by atoms with E-state index in [4.69, 9.17) is 34.8 Å². The van der Waals surface area contributed by atoms with Gasteiger partial charge in [-0.15, -0.1) is 11.6 Å². The second kappa shape index (κ2) is 8.41. The fraction of sp³-hybridized carbons (Fsp3) is 0.909. The lowest BCUT2D eigenvalue weighted by atomic mass is 10.1. The largest absolute Gasteiger partial charge is 0.370 e. The van der Waals surface area contributed by atoms with Gasteiger partial charge in [0.2, 0.25) is 5.91 Å². The molecule has 0 rings (SSSR count). The number of carbonyl (C=O) groups excluding carboxylic acids is 1. The molecule has 0 saturated carbocycles. The zero-order valence-corrected chi connectivity index (χ0v) is 12.4.